The molecule has 0 N–H and O–H groups in total. The number of hydrogen-bond acceptors (Lipinski definition) is 3. The van der Waals surface area contributed by atoms with Gasteiger partial charge in [0.15, 0.2) is 0 Å². The van der Waals surface area contributed by atoms with E-state index in [2.05, 4.69) is 6.07 Å². The van der Waals surface area contributed by atoms with Crippen LogP contribution in [0.2, 0.25) is 0 Å². The third-order valence-electron chi connectivity index (χ3n) is 4.07. The summed E-state index contributed by atoms with van der Waals surface area (Å²) in [5.74, 6) is 1.49. The van der Waals surface area contributed by atoms with Crippen molar-refractivity contribution in [2.75, 3.05) is 7.11 Å². The summed E-state index contributed by atoms with van der Waals surface area (Å²) in [5, 5.41) is 13.3. The number of nitriles is 1. The minimum atomic E-state index is 0.614. The summed E-state index contributed by atoms with van der Waals surface area (Å²) in [5.41, 5.74) is 1.49. The van der Waals surface area contributed by atoms with E-state index in [9.17, 15) is 5.26 Å². The highest BCUT2D eigenvalue weighted by molar-refractivity contribution is 6.06. The first-order valence-corrected chi connectivity index (χ1v) is 7.29. The molecule has 3 nitrogen and oxygen atoms in total. The minimum absolute atomic E-state index is 0.614. The van der Waals surface area contributed by atoms with Gasteiger partial charge in [-0.3, -0.25) is 0 Å². The van der Waals surface area contributed by atoms with Gasteiger partial charge in [0.25, 0.3) is 0 Å². The van der Waals surface area contributed by atoms with Crippen molar-refractivity contribution in [3.05, 3.63) is 66.4 Å². The highest BCUT2D eigenvalue weighted by Gasteiger charge is 2.17. The molecule has 0 radical (unpaired) electrons. The highest BCUT2D eigenvalue weighted by Crippen LogP contribution is 2.41. The Morgan fingerprint density at radius 2 is 1.78 bits per heavy atom. The van der Waals surface area contributed by atoms with Crippen molar-refractivity contribution in [3.8, 4) is 23.1 Å². The largest absolute Gasteiger partial charge is 0.496 e. The summed E-state index contributed by atoms with van der Waals surface area (Å²) in [4.78, 5) is 0. The van der Waals surface area contributed by atoms with E-state index >= 15 is 0 Å². The summed E-state index contributed by atoms with van der Waals surface area (Å²) in [6.07, 6.45) is 1.75. The summed E-state index contributed by atoms with van der Waals surface area (Å²) < 4.78 is 11.4. The Kier molecular flexibility index (Phi) is 3.03. The molecule has 3 heteroatoms. The van der Waals surface area contributed by atoms with E-state index in [4.69, 9.17) is 9.15 Å². The number of hydrogen-bond donors (Lipinski definition) is 0. The van der Waals surface area contributed by atoms with Crippen LogP contribution in [0.3, 0.4) is 0 Å². The second-order valence-electron chi connectivity index (χ2n) is 5.34. The maximum atomic E-state index is 9.21. The molecule has 110 valence electrons. The van der Waals surface area contributed by atoms with Crippen LogP contribution < -0.4 is 4.74 Å². The molecule has 0 atom stereocenters. The lowest BCUT2D eigenvalue weighted by molar-refractivity contribution is 0.415. The first-order chi connectivity index (χ1) is 11.3. The lowest BCUT2D eigenvalue weighted by atomic mass is 9.98. The van der Waals surface area contributed by atoms with Crippen molar-refractivity contribution >= 4 is 21.5 Å². The van der Waals surface area contributed by atoms with Gasteiger partial charge in [0.05, 0.1) is 30.6 Å². The van der Waals surface area contributed by atoms with E-state index in [1.54, 1.807) is 13.4 Å². The van der Waals surface area contributed by atoms with Gasteiger partial charge in [-0.15, -0.1) is 0 Å². The molecule has 0 amide bonds. The fourth-order valence-corrected chi connectivity index (χ4v) is 2.96. The number of nitrogens with zero attached hydrogens (tertiary/aromatic N) is 1. The summed E-state index contributed by atoms with van der Waals surface area (Å²) in [7, 11) is 1.64. The predicted molar refractivity (Wildman–Crippen MR) is 90.4 cm³/mol. The zero-order chi connectivity index (χ0) is 15.8. The van der Waals surface area contributed by atoms with Crippen LogP contribution in [0, 0.1) is 11.3 Å². The van der Waals surface area contributed by atoms with E-state index in [1.165, 1.54) is 0 Å². The summed E-state index contributed by atoms with van der Waals surface area (Å²) >= 11 is 0. The molecule has 0 aliphatic heterocycles. The van der Waals surface area contributed by atoms with Crippen LogP contribution in [-0.2, 0) is 0 Å². The second kappa shape index (κ2) is 5.19. The number of ether oxygens (including phenoxy) is 1. The Labute approximate surface area is 133 Å². The zero-order valence-electron chi connectivity index (χ0n) is 12.5. The maximum absolute atomic E-state index is 9.21. The van der Waals surface area contributed by atoms with E-state index < -0.39 is 0 Å². The van der Waals surface area contributed by atoms with Crippen LogP contribution in [0.15, 0.2) is 65.3 Å². The quantitative estimate of drug-likeness (QED) is 0.515. The molecule has 3 aromatic carbocycles. The molecule has 1 aromatic heterocycles. The predicted octanol–water partition coefficient (Wildman–Crippen LogP) is 5.13. The third kappa shape index (κ3) is 2.04. The molecule has 4 rings (SSSR count). The topological polar surface area (TPSA) is 46.2 Å². The Balaban J connectivity index is 2.14. The normalized spacial score (nSPS) is 10.8. The molecule has 0 aliphatic carbocycles. The first kappa shape index (κ1) is 13.4. The van der Waals surface area contributed by atoms with E-state index in [1.807, 2.05) is 54.6 Å². The van der Waals surface area contributed by atoms with Crippen molar-refractivity contribution in [2.45, 2.75) is 0 Å². The Bertz CT molecular complexity index is 1070. The van der Waals surface area contributed by atoms with Gasteiger partial charge in [0.1, 0.15) is 11.5 Å². The van der Waals surface area contributed by atoms with Crippen LogP contribution in [-0.4, -0.2) is 7.11 Å². The molecule has 23 heavy (non-hydrogen) atoms. The van der Waals surface area contributed by atoms with Gasteiger partial charge in [-0.2, -0.15) is 5.26 Å². The van der Waals surface area contributed by atoms with Gasteiger partial charge in [-0.05, 0) is 29.0 Å². The lowest BCUT2D eigenvalue weighted by Gasteiger charge is -2.11. The van der Waals surface area contributed by atoms with Gasteiger partial charge in [-0.25, -0.2) is 0 Å². The monoisotopic (exact) mass is 299 g/mol. The molecule has 0 fully saturated rings. The van der Waals surface area contributed by atoms with Gasteiger partial charge in [-0.1, -0.05) is 36.4 Å². The van der Waals surface area contributed by atoms with Crippen molar-refractivity contribution in [3.63, 3.8) is 0 Å². The van der Waals surface area contributed by atoms with E-state index in [0.29, 0.717) is 5.56 Å². The van der Waals surface area contributed by atoms with Crippen molar-refractivity contribution < 1.29 is 9.15 Å². The third-order valence-corrected chi connectivity index (χ3v) is 4.07. The second-order valence-corrected chi connectivity index (χ2v) is 5.34. The Hall–Kier alpha value is -3.25. The van der Waals surface area contributed by atoms with Gasteiger partial charge in [0.2, 0.25) is 0 Å². The summed E-state index contributed by atoms with van der Waals surface area (Å²) in [6, 6.07) is 19.8. The minimum Gasteiger partial charge on any atom is -0.496 e. The van der Waals surface area contributed by atoms with Crippen molar-refractivity contribution in [2.24, 2.45) is 0 Å². The Morgan fingerprint density at radius 1 is 0.957 bits per heavy atom. The number of benzene rings is 3. The average molecular weight is 299 g/mol. The molecule has 0 saturated heterocycles. The van der Waals surface area contributed by atoms with Crippen LogP contribution in [0.4, 0.5) is 0 Å². The van der Waals surface area contributed by atoms with Crippen molar-refractivity contribution in [1.82, 2.24) is 0 Å². The van der Waals surface area contributed by atoms with Gasteiger partial charge >= 0.3 is 0 Å². The van der Waals surface area contributed by atoms with Crippen LogP contribution in [0.5, 0.6) is 5.75 Å². The number of fused-ring (bicyclic) bond motifs is 2. The highest BCUT2D eigenvalue weighted by atomic mass is 16.5. The molecule has 0 saturated carbocycles. The molecule has 0 unspecified atom stereocenters. The molecular formula is C20H13NO2. The lowest BCUT2D eigenvalue weighted by Crippen LogP contribution is -1.90. The number of furan rings is 1. The van der Waals surface area contributed by atoms with Gasteiger partial charge in [0, 0.05) is 10.8 Å². The van der Waals surface area contributed by atoms with Crippen LogP contribution in [0.1, 0.15) is 5.56 Å². The number of rotatable bonds is 2. The molecule has 0 aliphatic rings. The first-order valence-electron chi connectivity index (χ1n) is 7.29. The molecule has 0 spiro atoms. The van der Waals surface area contributed by atoms with Gasteiger partial charge < -0.3 is 9.15 Å². The molecule has 1 heterocycles. The Morgan fingerprint density at radius 3 is 2.61 bits per heavy atom. The number of methoxy groups -OCH3 is 1. The molecule has 4 aromatic rings. The SMILES string of the molecule is COc1ccc2ccc(C#N)cc2c1-c1occ2ccccc12. The fourth-order valence-electron chi connectivity index (χ4n) is 2.96. The smallest absolute Gasteiger partial charge is 0.146 e. The zero-order valence-corrected chi connectivity index (χ0v) is 12.5. The van der Waals surface area contributed by atoms with E-state index in [0.717, 1.165) is 38.6 Å². The summed E-state index contributed by atoms with van der Waals surface area (Å²) in [6.45, 7) is 0. The fraction of sp³-hybridized carbons (Fsp3) is 0.0500. The molecule has 0 bridgehead atoms. The maximum Gasteiger partial charge on any atom is 0.146 e. The van der Waals surface area contributed by atoms with Crippen LogP contribution in [0.25, 0.3) is 32.9 Å². The average Bonchev–Trinajstić information content (AvgIpc) is 3.03. The van der Waals surface area contributed by atoms with E-state index in [-0.39, 0.29) is 0 Å². The standard InChI is InChI=1S/C20H13NO2/c1-22-18-9-8-14-7-6-13(11-21)10-17(14)19(18)20-16-5-3-2-4-15(16)12-23-20/h2-10,12H,1H3. The van der Waals surface area contributed by atoms with Crippen molar-refractivity contribution in [1.29, 1.82) is 5.26 Å². The molecular weight excluding hydrogens is 286 g/mol. The van der Waals surface area contributed by atoms with Crippen LogP contribution >= 0.6 is 0 Å².